The molecule has 3 aromatic rings. The molecule has 5 heteroatoms. The van der Waals surface area contributed by atoms with E-state index in [4.69, 9.17) is 4.42 Å². The molecule has 0 unspecified atom stereocenters. The van der Waals surface area contributed by atoms with Gasteiger partial charge in [0.15, 0.2) is 10.9 Å². The van der Waals surface area contributed by atoms with Gasteiger partial charge in [-0.05, 0) is 18.1 Å². The molecule has 3 rings (SSSR count). The van der Waals surface area contributed by atoms with Gasteiger partial charge in [0.1, 0.15) is 5.58 Å². The van der Waals surface area contributed by atoms with Gasteiger partial charge in [0, 0.05) is 10.8 Å². The lowest BCUT2D eigenvalue weighted by Gasteiger charge is -1.99. The number of hydrogen-bond donors (Lipinski definition) is 1. The van der Waals surface area contributed by atoms with Crippen LogP contribution in [0.4, 0.5) is 5.13 Å². The fraction of sp³-hybridized carbons (Fsp3) is 0.200. The van der Waals surface area contributed by atoms with Crippen LogP contribution in [0, 0.1) is 0 Å². The highest BCUT2D eigenvalue weighted by atomic mass is 32.1. The average molecular weight is 286 g/mol. The van der Waals surface area contributed by atoms with Crippen LogP contribution in [-0.4, -0.2) is 10.9 Å². The molecule has 0 atom stereocenters. The number of nitrogens with zero attached hydrogens (tertiary/aromatic N) is 1. The fourth-order valence-electron chi connectivity index (χ4n) is 1.86. The molecule has 0 aliphatic carbocycles. The molecule has 0 spiro atoms. The molecule has 2 aromatic heterocycles. The summed E-state index contributed by atoms with van der Waals surface area (Å²) in [5, 5.41) is 6.24. The Kier molecular flexibility index (Phi) is 3.28. The maximum atomic E-state index is 12.1. The van der Waals surface area contributed by atoms with E-state index in [1.54, 1.807) is 6.07 Å². The number of para-hydroxylation sites is 1. The number of nitrogens with one attached hydrogen (secondary N) is 1. The van der Waals surface area contributed by atoms with Crippen molar-refractivity contribution >= 4 is 33.3 Å². The van der Waals surface area contributed by atoms with Crippen molar-refractivity contribution in [3.8, 4) is 0 Å². The van der Waals surface area contributed by atoms with Gasteiger partial charge in [0.05, 0.1) is 5.69 Å². The van der Waals surface area contributed by atoms with Gasteiger partial charge in [-0.25, -0.2) is 4.98 Å². The summed E-state index contributed by atoms with van der Waals surface area (Å²) in [7, 11) is 0. The van der Waals surface area contributed by atoms with Crippen molar-refractivity contribution in [1.82, 2.24) is 4.98 Å². The summed E-state index contributed by atoms with van der Waals surface area (Å²) < 4.78 is 5.52. The number of amides is 1. The lowest BCUT2D eigenvalue weighted by Crippen LogP contribution is -2.10. The van der Waals surface area contributed by atoms with Crippen molar-refractivity contribution < 1.29 is 9.21 Å². The Morgan fingerprint density at radius 1 is 1.35 bits per heavy atom. The molecular weight excluding hydrogens is 272 g/mol. The zero-order valence-corrected chi connectivity index (χ0v) is 12.0. The molecule has 102 valence electrons. The topological polar surface area (TPSA) is 55.1 Å². The van der Waals surface area contributed by atoms with E-state index in [0.717, 1.165) is 11.1 Å². The number of furan rings is 1. The first-order chi connectivity index (χ1) is 9.63. The number of thiazole rings is 1. The van der Waals surface area contributed by atoms with Crippen LogP contribution >= 0.6 is 11.3 Å². The van der Waals surface area contributed by atoms with E-state index in [2.05, 4.69) is 24.1 Å². The van der Waals surface area contributed by atoms with E-state index in [9.17, 15) is 4.79 Å². The summed E-state index contributed by atoms with van der Waals surface area (Å²) in [6.45, 7) is 4.14. The Morgan fingerprint density at radius 3 is 2.85 bits per heavy atom. The minimum Gasteiger partial charge on any atom is -0.451 e. The summed E-state index contributed by atoms with van der Waals surface area (Å²) in [6, 6.07) is 9.28. The predicted octanol–water partition coefficient (Wildman–Crippen LogP) is 4.27. The molecular formula is C15H14N2O2S. The van der Waals surface area contributed by atoms with Gasteiger partial charge in [0.2, 0.25) is 0 Å². The van der Waals surface area contributed by atoms with Gasteiger partial charge in [-0.1, -0.05) is 32.0 Å². The van der Waals surface area contributed by atoms with E-state index < -0.39 is 0 Å². The molecule has 0 radical (unpaired) electrons. The van der Waals surface area contributed by atoms with Crippen LogP contribution in [0.2, 0.25) is 0 Å². The zero-order chi connectivity index (χ0) is 14.1. The predicted molar refractivity (Wildman–Crippen MR) is 80.4 cm³/mol. The third-order valence-electron chi connectivity index (χ3n) is 2.98. The molecule has 2 heterocycles. The molecule has 1 N–H and O–H groups in total. The van der Waals surface area contributed by atoms with E-state index in [-0.39, 0.29) is 5.91 Å². The van der Waals surface area contributed by atoms with E-state index in [1.165, 1.54) is 11.3 Å². The van der Waals surface area contributed by atoms with Crippen LogP contribution in [0.5, 0.6) is 0 Å². The highest BCUT2D eigenvalue weighted by Crippen LogP contribution is 2.23. The highest BCUT2D eigenvalue weighted by Gasteiger charge is 2.14. The second-order valence-electron chi connectivity index (χ2n) is 4.83. The largest absolute Gasteiger partial charge is 0.451 e. The third-order valence-corrected chi connectivity index (χ3v) is 3.76. The maximum absolute atomic E-state index is 12.1. The van der Waals surface area contributed by atoms with Gasteiger partial charge in [-0.2, -0.15) is 0 Å². The van der Waals surface area contributed by atoms with Gasteiger partial charge >= 0.3 is 0 Å². The monoisotopic (exact) mass is 286 g/mol. The summed E-state index contributed by atoms with van der Waals surface area (Å²) in [4.78, 5) is 16.5. The van der Waals surface area contributed by atoms with Crippen molar-refractivity contribution in [2.45, 2.75) is 19.8 Å². The minimum atomic E-state index is -0.272. The zero-order valence-electron chi connectivity index (χ0n) is 11.2. The number of carbonyl (C=O) groups is 1. The number of hydrogen-bond acceptors (Lipinski definition) is 4. The van der Waals surface area contributed by atoms with Crippen molar-refractivity contribution in [1.29, 1.82) is 0 Å². The Bertz CT molecular complexity index is 725. The summed E-state index contributed by atoms with van der Waals surface area (Å²) >= 11 is 1.42. The number of anilines is 1. The number of carbonyl (C=O) groups excluding carboxylic acids is 1. The Morgan fingerprint density at radius 2 is 2.15 bits per heavy atom. The van der Waals surface area contributed by atoms with Crippen molar-refractivity contribution in [3.05, 3.63) is 47.2 Å². The smallest absolute Gasteiger partial charge is 0.293 e. The molecule has 0 aliphatic heterocycles. The van der Waals surface area contributed by atoms with Crippen molar-refractivity contribution in [2.75, 3.05) is 5.32 Å². The molecule has 1 amide bonds. The first-order valence-electron chi connectivity index (χ1n) is 6.39. The molecule has 0 bridgehead atoms. The van der Waals surface area contributed by atoms with Crippen LogP contribution in [-0.2, 0) is 0 Å². The summed E-state index contributed by atoms with van der Waals surface area (Å²) in [5.41, 5.74) is 1.69. The van der Waals surface area contributed by atoms with Crippen LogP contribution < -0.4 is 5.32 Å². The highest BCUT2D eigenvalue weighted by molar-refractivity contribution is 7.14. The molecule has 4 nitrogen and oxygen atoms in total. The first kappa shape index (κ1) is 12.9. The summed E-state index contributed by atoms with van der Waals surface area (Å²) in [6.07, 6.45) is 0. The molecule has 1 aromatic carbocycles. The number of fused-ring (bicyclic) bond motifs is 1. The van der Waals surface area contributed by atoms with Crippen LogP contribution in [0.3, 0.4) is 0 Å². The minimum absolute atomic E-state index is 0.272. The molecule has 0 saturated carbocycles. The summed E-state index contributed by atoms with van der Waals surface area (Å²) in [5.74, 6) is 0.376. The van der Waals surface area contributed by atoms with Gasteiger partial charge in [0.25, 0.3) is 5.91 Å². The Hall–Kier alpha value is -2.14. The quantitative estimate of drug-likeness (QED) is 0.782. The Labute approximate surface area is 120 Å². The van der Waals surface area contributed by atoms with Gasteiger partial charge in [-0.3, -0.25) is 10.1 Å². The molecule has 0 aliphatic rings. The molecule has 0 saturated heterocycles. The number of benzene rings is 1. The van der Waals surface area contributed by atoms with Gasteiger partial charge in [-0.15, -0.1) is 11.3 Å². The van der Waals surface area contributed by atoms with Crippen LogP contribution in [0.1, 0.15) is 36.0 Å². The lowest BCUT2D eigenvalue weighted by molar-refractivity contribution is 0.0998. The fourth-order valence-corrected chi connectivity index (χ4v) is 2.73. The van der Waals surface area contributed by atoms with Crippen molar-refractivity contribution in [2.24, 2.45) is 0 Å². The first-order valence-corrected chi connectivity index (χ1v) is 7.27. The van der Waals surface area contributed by atoms with E-state index in [1.807, 2.05) is 29.6 Å². The normalized spacial score (nSPS) is 11.2. The Balaban J connectivity index is 1.81. The van der Waals surface area contributed by atoms with Crippen LogP contribution in [0.25, 0.3) is 11.0 Å². The second-order valence-corrected chi connectivity index (χ2v) is 5.69. The van der Waals surface area contributed by atoms with E-state index >= 15 is 0 Å². The standard InChI is InChI=1S/C15H14N2O2S/c1-9(2)11-8-20-15(16-11)17-14(18)13-7-10-5-3-4-6-12(10)19-13/h3-9H,1-2H3,(H,16,17,18). The lowest BCUT2D eigenvalue weighted by atomic mass is 10.2. The average Bonchev–Trinajstić information content (AvgIpc) is 3.04. The number of rotatable bonds is 3. The number of aromatic nitrogens is 1. The van der Waals surface area contributed by atoms with E-state index in [0.29, 0.717) is 22.4 Å². The van der Waals surface area contributed by atoms with Gasteiger partial charge < -0.3 is 4.42 Å². The van der Waals surface area contributed by atoms with Crippen molar-refractivity contribution in [3.63, 3.8) is 0 Å². The SMILES string of the molecule is CC(C)c1csc(NC(=O)c2cc3ccccc3o2)n1. The third kappa shape index (κ3) is 2.44. The molecule has 20 heavy (non-hydrogen) atoms. The maximum Gasteiger partial charge on any atom is 0.293 e. The molecule has 0 fully saturated rings. The van der Waals surface area contributed by atoms with Crippen LogP contribution in [0.15, 0.2) is 40.1 Å². The second kappa shape index (κ2) is 5.09.